The molecular weight excluding hydrogens is 262 g/mol. The molecule has 0 spiro atoms. The summed E-state index contributed by atoms with van der Waals surface area (Å²) in [6.07, 6.45) is 0.925. The fraction of sp³-hybridized carbons (Fsp3) is 0.235. The van der Waals surface area contributed by atoms with Crippen LogP contribution in [0.1, 0.15) is 24.1 Å². The highest BCUT2D eigenvalue weighted by Crippen LogP contribution is 2.21. The van der Waals surface area contributed by atoms with Gasteiger partial charge in [-0.2, -0.15) is 0 Å². The van der Waals surface area contributed by atoms with Gasteiger partial charge in [-0.25, -0.2) is 4.79 Å². The molecule has 0 aliphatic rings. The van der Waals surface area contributed by atoms with Crippen LogP contribution in [0.5, 0.6) is 0 Å². The summed E-state index contributed by atoms with van der Waals surface area (Å²) in [5.41, 5.74) is 4.02. The zero-order valence-corrected chi connectivity index (χ0v) is 12.0. The molecule has 21 heavy (non-hydrogen) atoms. The van der Waals surface area contributed by atoms with Gasteiger partial charge in [0.25, 0.3) is 0 Å². The van der Waals surface area contributed by atoms with Crippen LogP contribution < -0.4 is 11.0 Å². The number of aromatic nitrogens is 2. The van der Waals surface area contributed by atoms with E-state index in [2.05, 4.69) is 52.5 Å². The average molecular weight is 281 g/mol. The Kier molecular flexibility index (Phi) is 3.88. The van der Waals surface area contributed by atoms with Crippen LogP contribution in [-0.2, 0) is 6.42 Å². The van der Waals surface area contributed by atoms with Crippen molar-refractivity contribution in [1.29, 1.82) is 0 Å². The van der Waals surface area contributed by atoms with E-state index in [0.29, 0.717) is 0 Å². The van der Waals surface area contributed by atoms with E-state index in [4.69, 9.17) is 0 Å². The maximum Gasteiger partial charge on any atom is 0.323 e. The van der Waals surface area contributed by atoms with Crippen LogP contribution in [-0.4, -0.2) is 16.5 Å². The van der Waals surface area contributed by atoms with Gasteiger partial charge < -0.3 is 15.3 Å². The fourth-order valence-electron chi connectivity index (χ4n) is 2.67. The zero-order valence-electron chi connectivity index (χ0n) is 12.0. The molecule has 0 saturated carbocycles. The van der Waals surface area contributed by atoms with Crippen LogP contribution in [0, 0.1) is 0 Å². The molecule has 1 heterocycles. The molecule has 0 saturated heterocycles. The lowest BCUT2D eigenvalue weighted by Crippen LogP contribution is -2.22. The third kappa shape index (κ3) is 3.06. The molecule has 1 aromatic heterocycles. The molecule has 3 aromatic rings. The fourth-order valence-corrected chi connectivity index (χ4v) is 2.67. The van der Waals surface area contributed by atoms with Crippen LogP contribution in [0.15, 0.2) is 53.3 Å². The number of fused-ring (bicyclic) bond motifs is 1. The van der Waals surface area contributed by atoms with Crippen LogP contribution in [0.3, 0.4) is 0 Å². The van der Waals surface area contributed by atoms with Crippen molar-refractivity contribution in [3.05, 3.63) is 70.1 Å². The second-order valence-corrected chi connectivity index (χ2v) is 5.18. The number of imidazole rings is 1. The Morgan fingerprint density at radius 2 is 1.81 bits per heavy atom. The average Bonchev–Trinajstić information content (AvgIpc) is 2.87. The first-order chi connectivity index (χ1) is 10.3. The SMILES string of the molecule is CCNC(Cc1ccccc1)c1ccc2[nH]c(=O)[nH]c2c1. The molecule has 0 aliphatic heterocycles. The van der Waals surface area contributed by atoms with Gasteiger partial charge in [-0.1, -0.05) is 43.3 Å². The van der Waals surface area contributed by atoms with Gasteiger partial charge in [-0.15, -0.1) is 0 Å². The summed E-state index contributed by atoms with van der Waals surface area (Å²) < 4.78 is 0. The molecule has 1 unspecified atom stereocenters. The maximum absolute atomic E-state index is 11.4. The van der Waals surface area contributed by atoms with E-state index < -0.39 is 0 Å². The van der Waals surface area contributed by atoms with Crippen LogP contribution >= 0.6 is 0 Å². The first-order valence-corrected chi connectivity index (χ1v) is 7.25. The zero-order chi connectivity index (χ0) is 14.7. The lowest BCUT2D eigenvalue weighted by atomic mass is 9.98. The molecule has 4 heteroatoms. The number of likely N-dealkylation sites (N-methyl/N-ethyl adjacent to an activating group) is 1. The Labute approximate surface area is 123 Å². The van der Waals surface area contributed by atoms with Gasteiger partial charge in [0.05, 0.1) is 11.0 Å². The van der Waals surface area contributed by atoms with Gasteiger partial charge in [0, 0.05) is 6.04 Å². The smallest absolute Gasteiger partial charge is 0.310 e. The molecule has 0 fully saturated rings. The third-order valence-electron chi connectivity index (χ3n) is 3.68. The van der Waals surface area contributed by atoms with E-state index in [9.17, 15) is 4.79 Å². The van der Waals surface area contributed by atoms with Crippen molar-refractivity contribution in [2.45, 2.75) is 19.4 Å². The predicted molar refractivity (Wildman–Crippen MR) is 85.5 cm³/mol. The largest absolute Gasteiger partial charge is 0.323 e. The summed E-state index contributed by atoms with van der Waals surface area (Å²) in [4.78, 5) is 17.0. The first-order valence-electron chi connectivity index (χ1n) is 7.25. The summed E-state index contributed by atoms with van der Waals surface area (Å²) in [7, 11) is 0. The number of H-pyrrole nitrogens is 2. The highest BCUT2D eigenvalue weighted by atomic mass is 16.1. The number of benzene rings is 2. The van der Waals surface area contributed by atoms with E-state index >= 15 is 0 Å². The molecule has 108 valence electrons. The maximum atomic E-state index is 11.4. The minimum Gasteiger partial charge on any atom is -0.310 e. The van der Waals surface area contributed by atoms with E-state index in [1.54, 1.807) is 0 Å². The number of hydrogen-bond donors (Lipinski definition) is 3. The molecule has 1 atom stereocenters. The van der Waals surface area contributed by atoms with Crippen molar-refractivity contribution in [2.24, 2.45) is 0 Å². The Morgan fingerprint density at radius 3 is 2.57 bits per heavy atom. The van der Waals surface area contributed by atoms with Crippen molar-refractivity contribution in [3.63, 3.8) is 0 Å². The lowest BCUT2D eigenvalue weighted by Gasteiger charge is -2.18. The van der Waals surface area contributed by atoms with Crippen LogP contribution in [0.4, 0.5) is 0 Å². The summed E-state index contributed by atoms with van der Waals surface area (Å²) >= 11 is 0. The second-order valence-electron chi connectivity index (χ2n) is 5.18. The number of hydrogen-bond acceptors (Lipinski definition) is 2. The topological polar surface area (TPSA) is 60.7 Å². The van der Waals surface area contributed by atoms with Gasteiger partial charge in [-0.3, -0.25) is 0 Å². The number of rotatable bonds is 5. The highest BCUT2D eigenvalue weighted by Gasteiger charge is 2.12. The first kappa shape index (κ1) is 13.6. The van der Waals surface area contributed by atoms with Crippen molar-refractivity contribution in [3.8, 4) is 0 Å². The van der Waals surface area contributed by atoms with E-state index in [1.807, 2.05) is 18.2 Å². The quantitative estimate of drug-likeness (QED) is 0.673. The van der Waals surface area contributed by atoms with Crippen molar-refractivity contribution in [2.75, 3.05) is 6.54 Å². The molecule has 0 bridgehead atoms. The molecule has 3 N–H and O–H groups in total. The Balaban J connectivity index is 1.92. The van der Waals surface area contributed by atoms with Gasteiger partial charge in [-0.05, 0) is 36.2 Å². The number of aromatic amines is 2. The Bertz CT molecular complexity index is 773. The second kappa shape index (κ2) is 5.97. The number of nitrogens with one attached hydrogen (secondary N) is 3. The normalized spacial score (nSPS) is 12.6. The Morgan fingerprint density at radius 1 is 1.05 bits per heavy atom. The van der Waals surface area contributed by atoms with Crippen molar-refractivity contribution < 1.29 is 0 Å². The minimum absolute atomic E-state index is 0.162. The highest BCUT2D eigenvalue weighted by molar-refractivity contribution is 5.75. The van der Waals surface area contributed by atoms with Gasteiger partial charge in [0.2, 0.25) is 0 Å². The van der Waals surface area contributed by atoms with Gasteiger partial charge in [0.15, 0.2) is 0 Å². The molecule has 3 rings (SSSR count). The third-order valence-corrected chi connectivity index (χ3v) is 3.68. The molecule has 0 radical (unpaired) electrons. The van der Waals surface area contributed by atoms with Crippen LogP contribution in [0.2, 0.25) is 0 Å². The molecular formula is C17H19N3O. The van der Waals surface area contributed by atoms with Crippen molar-refractivity contribution in [1.82, 2.24) is 15.3 Å². The predicted octanol–water partition coefficient (Wildman–Crippen LogP) is 2.75. The van der Waals surface area contributed by atoms with Gasteiger partial charge in [0.1, 0.15) is 0 Å². The van der Waals surface area contributed by atoms with E-state index in [-0.39, 0.29) is 11.7 Å². The molecule has 2 aromatic carbocycles. The summed E-state index contributed by atoms with van der Waals surface area (Å²) in [6.45, 7) is 3.01. The lowest BCUT2D eigenvalue weighted by molar-refractivity contribution is 0.550. The van der Waals surface area contributed by atoms with Gasteiger partial charge >= 0.3 is 5.69 Å². The summed E-state index contributed by atoms with van der Waals surface area (Å²) in [6, 6.07) is 16.7. The molecule has 4 nitrogen and oxygen atoms in total. The molecule has 0 aliphatic carbocycles. The van der Waals surface area contributed by atoms with Crippen molar-refractivity contribution >= 4 is 11.0 Å². The van der Waals surface area contributed by atoms with Crippen LogP contribution in [0.25, 0.3) is 11.0 Å². The summed E-state index contributed by atoms with van der Waals surface area (Å²) in [5.74, 6) is 0. The van der Waals surface area contributed by atoms with E-state index in [0.717, 1.165) is 24.0 Å². The minimum atomic E-state index is -0.162. The Hall–Kier alpha value is -2.33. The summed E-state index contributed by atoms with van der Waals surface area (Å²) in [5, 5.41) is 3.52. The standard InChI is InChI=1S/C17H19N3O/c1-2-18-15(10-12-6-4-3-5-7-12)13-8-9-14-16(11-13)20-17(21)19-14/h3-9,11,15,18H,2,10H2,1H3,(H2,19,20,21). The monoisotopic (exact) mass is 281 g/mol. The van der Waals surface area contributed by atoms with E-state index in [1.165, 1.54) is 11.1 Å². The molecule has 0 amide bonds.